The minimum absolute atomic E-state index is 0.0788. The minimum atomic E-state index is -0.348. The molecule has 0 aromatic rings. The van der Waals surface area contributed by atoms with Gasteiger partial charge >= 0.3 is 5.97 Å². The van der Waals surface area contributed by atoms with Crippen LogP contribution in [0.3, 0.4) is 0 Å². The lowest BCUT2D eigenvalue weighted by Crippen LogP contribution is -2.27. The number of carbonyl (C=O) groups is 1. The first-order valence-corrected chi connectivity index (χ1v) is 3.76. The van der Waals surface area contributed by atoms with E-state index in [1.165, 1.54) is 7.11 Å². The number of ether oxygens (including phenoxy) is 1. The van der Waals surface area contributed by atoms with Gasteiger partial charge in [0.25, 0.3) is 0 Å². The summed E-state index contributed by atoms with van der Waals surface area (Å²) in [4.78, 5) is 16.1. The molecule has 1 heterocycles. The fraction of sp³-hybridized carbons (Fsp3) is 0.375. The molecule has 0 saturated heterocycles. The molecule has 5 heteroatoms. The molecule has 0 amide bonds. The predicted molar refractivity (Wildman–Crippen MR) is 48.9 cm³/mol. The molecule has 0 bridgehead atoms. The van der Waals surface area contributed by atoms with Crippen LogP contribution in [0.4, 0.5) is 0 Å². The highest BCUT2D eigenvalue weighted by atomic mass is 16.5. The molecule has 1 aliphatic heterocycles. The number of methoxy groups -OCH3 is 1. The van der Waals surface area contributed by atoms with Crippen molar-refractivity contribution in [3.05, 3.63) is 11.6 Å². The molecule has 0 radical (unpaired) electrons. The van der Waals surface area contributed by atoms with E-state index in [2.05, 4.69) is 16.4 Å². The summed E-state index contributed by atoms with van der Waals surface area (Å²) < 4.78 is 4.55. The molecule has 1 rings (SSSR count). The molecular formula is C8H11N3O2. The van der Waals surface area contributed by atoms with E-state index in [1.54, 1.807) is 11.0 Å². The Morgan fingerprint density at radius 2 is 2.54 bits per heavy atom. The molecule has 0 aliphatic carbocycles. The molecule has 70 valence electrons. The van der Waals surface area contributed by atoms with Gasteiger partial charge in [0.05, 0.1) is 19.2 Å². The van der Waals surface area contributed by atoms with Gasteiger partial charge in [-0.05, 0) is 6.72 Å². The van der Waals surface area contributed by atoms with Gasteiger partial charge < -0.3 is 9.64 Å². The smallest absolute Gasteiger partial charge is 0.335 e. The molecule has 0 atom stereocenters. The summed E-state index contributed by atoms with van der Waals surface area (Å²) in [6.45, 7) is 4.14. The molecule has 1 aliphatic rings. The molecular weight excluding hydrogens is 170 g/mol. The molecule has 0 aromatic carbocycles. The summed E-state index contributed by atoms with van der Waals surface area (Å²) in [6.07, 6.45) is 1.73. The Bertz CT molecular complexity index is 283. The maximum absolute atomic E-state index is 11.0. The van der Waals surface area contributed by atoms with E-state index in [0.717, 1.165) is 0 Å². The van der Waals surface area contributed by atoms with Crippen molar-refractivity contribution in [2.75, 3.05) is 20.2 Å². The van der Waals surface area contributed by atoms with E-state index in [9.17, 15) is 4.79 Å². The molecule has 13 heavy (non-hydrogen) atoms. The SMILES string of the molecule is C=NC(=N)N1CC=C(C(=O)OC)C1. The van der Waals surface area contributed by atoms with Gasteiger partial charge in [-0.1, -0.05) is 6.08 Å². The lowest BCUT2D eigenvalue weighted by atomic mass is 10.3. The second kappa shape index (κ2) is 3.84. The Kier molecular flexibility index (Phi) is 2.79. The molecule has 5 nitrogen and oxygen atoms in total. The maximum atomic E-state index is 11.0. The molecule has 0 unspecified atom stereocenters. The van der Waals surface area contributed by atoms with Crippen LogP contribution >= 0.6 is 0 Å². The zero-order valence-electron chi connectivity index (χ0n) is 7.41. The van der Waals surface area contributed by atoms with Gasteiger partial charge in [-0.3, -0.25) is 5.41 Å². The third-order valence-corrected chi connectivity index (χ3v) is 1.82. The van der Waals surface area contributed by atoms with Crippen molar-refractivity contribution >= 4 is 18.6 Å². The van der Waals surface area contributed by atoms with Crippen molar-refractivity contribution in [3.63, 3.8) is 0 Å². The van der Waals surface area contributed by atoms with Gasteiger partial charge in [0, 0.05) is 6.54 Å². The van der Waals surface area contributed by atoms with Crippen LogP contribution in [0.15, 0.2) is 16.6 Å². The molecule has 1 N–H and O–H groups in total. The summed E-state index contributed by atoms with van der Waals surface area (Å²) in [5.74, 6) is -0.269. The van der Waals surface area contributed by atoms with Crippen molar-refractivity contribution in [1.29, 1.82) is 5.41 Å². The summed E-state index contributed by atoms with van der Waals surface area (Å²) in [7, 11) is 1.34. The largest absolute Gasteiger partial charge is 0.466 e. The van der Waals surface area contributed by atoms with Crippen LogP contribution in [-0.4, -0.2) is 43.7 Å². The molecule has 0 saturated carbocycles. The number of esters is 1. The number of aliphatic imine (C=N–C) groups is 1. The van der Waals surface area contributed by atoms with Gasteiger partial charge in [-0.15, -0.1) is 0 Å². The first-order valence-electron chi connectivity index (χ1n) is 3.76. The highest BCUT2D eigenvalue weighted by Gasteiger charge is 2.21. The third kappa shape index (κ3) is 1.93. The summed E-state index contributed by atoms with van der Waals surface area (Å²) in [5, 5.41) is 7.33. The molecule has 0 fully saturated rings. The Labute approximate surface area is 76.2 Å². The second-order valence-electron chi connectivity index (χ2n) is 2.58. The predicted octanol–water partition coefficient (Wildman–Crippen LogP) is 0.0368. The Morgan fingerprint density at radius 1 is 1.85 bits per heavy atom. The Hall–Kier alpha value is -1.65. The highest BCUT2D eigenvalue weighted by molar-refractivity contribution is 5.91. The number of rotatable bonds is 1. The number of hydrogen-bond donors (Lipinski definition) is 1. The van der Waals surface area contributed by atoms with E-state index < -0.39 is 0 Å². The van der Waals surface area contributed by atoms with Gasteiger partial charge in [-0.2, -0.15) is 0 Å². The maximum Gasteiger partial charge on any atom is 0.335 e. The van der Waals surface area contributed by atoms with Crippen LogP contribution in [0.2, 0.25) is 0 Å². The molecule has 0 aromatic heterocycles. The lowest BCUT2D eigenvalue weighted by Gasteiger charge is -2.14. The van der Waals surface area contributed by atoms with Gasteiger partial charge in [0.2, 0.25) is 5.96 Å². The van der Waals surface area contributed by atoms with Crippen LogP contribution < -0.4 is 0 Å². The fourth-order valence-corrected chi connectivity index (χ4v) is 1.10. The van der Waals surface area contributed by atoms with Gasteiger partial charge in [0.15, 0.2) is 0 Å². The Morgan fingerprint density at radius 3 is 3.08 bits per heavy atom. The van der Waals surface area contributed by atoms with Crippen LogP contribution in [0.1, 0.15) is 0 Å². The monoisotopic (exact) mass is 181 g/mol. The first-order chi connectivity index (χ1) is 6.19. The van der Waals surface area contributed by atoms with Crippen molar-refractivity contribution < 1.29 is 9.53 Å². The normalized spacial score (nSPS) is 15.2. The number of nitrogens with zero attached hydrogens (tertiary/aromatic N) is 2. The Balaban J connectivity index is 2.56. The number of carbonyl (C=O) groups excluding carboxylic acids is 1. The van der Waals surface area contributed by atoms with Gasteiger partial charge in [0.1, 0.15) is 0 Å². The van der Waals surface area contributed by atoms with Crippen molar-refractivity contribution in [3.8, 4) is 0 Å². The van der Waals surface area contributed by atoms with E-state index >= 15 is 0 Å². The topological polar surface area (TPSA) is 65.8 Å². The zero-order valence-corrected chi connectivity index (χ0v) is 7.41. The number of hydrogen-bond acceptors (Lipinski definition) is 3. The van der Waals surface area contributed by atoms with Gasteiger partial charge in [-0.25, -0.2) is 9.79 Å². The van der Waals surface area contributed by atoms with E-state index in [-0.39, 0.29) is 11.9 Å². The van der Waals surface area contributed by atoms with E-state index in [4.69, 9.17) is 5.41 Å². The first kappa shape index (κ1) is 9.44. The zero-order chi connectivity index (χ0) is 9.84. The standard InChI is InChI=1S/C8H11N3O2/c1-10-8(9)11-4-3-6(5-11)7(12)13-2/h3,9H,1,4-5H2,2H3. The van der Waals surface area contributed by atoms with Crippen LogP contribution in [0, 0.1) is 5.41 Å². The quantitative estimate of drug-likeness (QED) is 0.353. The summed E-state index contributed by atoms with van der Waals surface area (Å²) >= 11 is 0. The average Bonchev–Trinajstić information content (AvgIpc) is 2.64. The highest BCUT2D eigenvalue weighted by Crippen LogP contribution is 2.10. The lowest BCUT2D eigenvalue weighted by molar-refractivity contribution is -0.136. The molecule has 0 spiro atoms. The third-order valence-electron chi connectivity index (χ3n) is 1.82. The number of guanidine groups is 1. The summed E-state index contributed by atoms with van der Waals surface area (Å²) in [5.41, 5.74) is 0.566. The van der Waals surface area contributed by atoms with Crippen LogP contribution in [0.5, 0.6) is 0 Å². The minimum Gasteiger partial charge on any atom is -0.466 e. The van der Waals surface area contributed by atoms with Crippen molar-refractivity contribution in [2.45, 2.75) is 0 Å². The fourth-order valence-electron chi connectivity index (χ4n) is 1.10. The van der Waals surface area contributed by atoms with E-state index in [1.807, 2.05) is 0 Å². The van der Waals surface area contributed by atoms with Crippen LogP contribution in [-0.2, 0) is 9.53 Å². The van der Waals surface area contributed by atoms with E-state index in [0.29, 0.717) is 18.7 Å². The average molecular weight is 181 g/mol. The van der Waals surface area contributed by atoms with Crippen molar-refractivity contribution in [2.24, 2.45) is 4.99 Å². The summed E-state index contributed by atoms with van der Waals surface area (Å²) in [6, 6.07) is 0. The van der Waals surface area contributed by atoms with Crippen molar-refractivity contribution in [1.82, 2.24) is 4.90 Å². The number of nitrogens with one attached hydrogen (secondary N) is 1. The second-order valence-corrected chi connectivity index (χ2v) is 2.58. The van der Waals surface area contributed by atoms with Crippen LogP contribution in [0.25, 0.3) is 0 Å².